The van der Waals surface area contributed by atoms with Gasteiger partial charge in [-0.05, 0) is 31.6 Å². The maximum Gasteiger partial charge on any atom is 0.135 e. The van der Waals surface area contributed by atoms with E-state index in [0.29, 0.717) is 12.0 Å². The van der Waals surface area contributed by atoms with Gasteiger partial charge in [0.1, 0.15) is 12.1 Å². The summed E-state index contributed by atoms with van der Waals surface area (Å²) >= 11 is 0. The van der Waals surface area contributed by atoms with E-state index in [2.05, 4.69) is 21.8 Å². The van der Waals surface area contributed by atoms with Gasteiger partial charge in [0.25, 0.3) is 0 Å². The molecule has 0 unspecified atom stereocenters. The molecule has 2 N–H and O–H groups in total. The minimum Gasteiger partial charge on any atom is -0.354 e. The van der Waals surface area contributed by atoms with E-state index < -0.39 is 0 Å². The van der Waals surface area contributed by atoms with Crippen LogP contribution in [0.25, 0.3) is 0 Å². The van der Waals surface area contributed by atoms with Gasteiger partial charge in [0.15, 0.2) is 0 Å². The van der Waals surface area contributed by atoms with E-state index in [0.717, 1.165) is 31.7 Å². The number of nitrogens with two attached hydrogens (primary N) is 1. The molecule has 1 aromatic rings. The largest absolute Gasteiger partial charge is 0.354 e. The van der Waals surface area contributed by atoms with Crippen molar-refractivity contribution in [1.29, 1.82) is 0 Å². The van der Waals surface area contributed by atoms with E-state index in [-0.39, 0.29) is 24.8 Å². The maximum atomic E-state index is 6.25. The van der Waals surface area contributed by atoms with Crippen molar-refractivity contribution in [2.75, 3.05) is 18.0 Å². The zero-order valence-electron chi connectivity index (χ0n) is 11.9. The van der Waals surface area contributed by atoms with Crippen molar-refractivity contribution in [3.63, 3.8) is 0 Å². The Balaban J connectivity index is 0.000001000. The molecule has 0 saturated carbocycles. The second-order valence-corrected chi connectivity index (χ2v) is 5.59. The second-order valence-electron chi connectivity index (χ2n) is 5.59. The predicted octanol–water partition coefficient (Wildman–Crippen LogP) is 2.37. The molecular weight excluding hydrogens is 295 g/mol. The molecule has 1 fully saturated rings. The van der Waals surface area contributed by atoms with Crippen LogP contribution in [-0.4, -0.2) is 29.1 Å². The minimum absolute atomic E-state index is 0. The Labute approximate surface area is 133 Å². The van der Waals surface area contributed by atoms with Gasteiger partial charge in [-0.2, -0.15) is 0 Å². The molecule has 2 aliphatic rings. The van der Waals surface area contributed by atoms with Crippen molar-refractivity contribution in [3.05, 3.63) is 17.6 Å². The molecule has 3 rings (SSSR count). The summed E-state index contributed by atoms with van der Waals surface area (Å²) in [6.45, 7) is 4.25. The summed E-state index contributed by atoms with van der Waals surface area (Å²) in [5, 5.41) is 0. The Bertz CT molecular complexity index is 441. The third-order valence-corrected chi connectivity index (χ3v) is 4.30. The molecular formula is C14H24Cl2N4. The van der Waals surface area contributed by atoms with Crippen molar-refractivity contribution < 1.29 is 0 Å². The molecule has 4 nitrogen and oxygen atoms in total. The Morgan fingerprint density at radius 2 is 2.05 bits per heavy atom. The lowest BCUT2D eigenvalue weighted by Crippen LogP contribution is -2.30. The van der Waals surface area contributed by atoms with E-state index in [1.54, 1.807) is 6.33 Å². The highest BCUT2D eigenvalue weighted by atomic mass is 35.5. The van der Waals surface area contributed by atoms with E-state index >= 15 is 0 Å². The van der Waals surface area contributed by atoms with Crippen LogP contribution in [0.5, 0.6) is 0 Å². The lowest BCUT2D eigenvalue weighted by molar-refractivity contribution is 0.472. The highest BCUT2D eigenvalue weighted by Crippen LogP contribution is 2.31. The van der Waals surface area contributed by atoms with Gasteiger partial charge >= 0.3 is 0 Å². The Hall–Kier alpha value is -0.580. The van der Waals surface area contributed by atoms with Crippen LogP contribution < -0.4 is 10.6 Å². The normalized spacial score (nSPS) is 24.0. The Morgan fingerprint density at radius 3 is 2.80 bits per heavy atom. The predicted molar refractivity (Wildman–Crippen MR) is 87.1 cm³/mol. The van der Waals surface area contributed by atoms with Crippen molar-refractivity contribution >= 4 is 30.6 Å². The third-order valence-electron chi connectivity index (χ3n) is 4.30. The van der Waals surface area contributed by atoms with E-state index in [9.17, 15) is 0 Å². The topological polar surface area (TPSA) is 55.0 Å². The molecule has 6 heteroatoms. The average Bonchev–Trinajstić information content (AvgIpc) is 2.96. The van der Waals surface area contributed by atoms with Crippen LogP contribution in [0.15, 0.2) is 6.33 Å². The van der Waals surface area contributed by atoms with Gasteiger partial charge in [0.2, 0.25) is 0 Å². The van der Waals surface area contributed by atoms with Crippen LogP contribution >= 0.6 is 24.8 Å². The number of aromatic nitrogens is 2. The number of anilines is 1. The number of nitrogens with zero attached hydrogens (tertiary/aromatic N) is 3. The lowest BCUT2D eigenvalue weighted by atomic mass is 9.99. The summed E-state index contributed by atoms with van der Waals surface area (Å²) in [6.07, 6.45) is 7.63. The van der Waals surface area contributed by atoms with Gasteiger partial charge in [-0.25, -0.2) is 9.97 Å². The van der Waals surface area contributed by atoms with Crippen molar-refractivity contribution in [2.45, 2.75) is 45.1 Å². The minimum atomic E-state index is 0. The maximum absolute atomic E-state index is 6.25. The van der Waals surface area contributed by atoms with Gasteiger partial charge < -0.3 is 10.6 Å². The summed E-state index contributed by atoms with van der Waals surface area (Å²) < 4.78 is 0. The molecule has 20 heavy (non-hydrogen) atoms. The summed E-state index contributed by atoms with van der Waals surface area (Å²) in [5.74, 6) is 1.79. The quantitative estimate of drug-likeness (QED) is 0.929. The Morgan fingerprint density at radius 1 is 1.25 bits per heavy atom. The number of aryl methyl sites for hydroxylation is 1. The molecule has 1 aliphatic heterocycles. The number of hydrogen-bond donors (Lipinski definition) is 1. The lowest BCUT2D eigenvalue weighted by Gasteiger charge is -2.19. The fourth-order valence-electron chi connectivity index (χ4n) is 3.36. The van der Waals surface area contributed by atoms with E-state index in [1.165, 1.54) is 30.5 Å². The number of halogens is 2. The van der Waals surface area contributed by atoms with Crippen LogP contribution in [0.1, 0.15) is 37.4 Å². The first-order chi connectivity index (χ1) is 8.79. The molecule has 0 radical (unpaired) electrons. The first kappa shape index (κ1) is 17.5. The molecule has 1 aromatic heterocycles. The number of fused-ring (bicyclic) bond motifs is 1. The van der Waals surface area contributed by atoms with Crippen LogP contribution in [0.2, 0.25) is 0 Å². The van der Waals surface area contributed by atoms with Crippen LogP contribution in [0, 0.1) is 5.92 Å². The molecule has 1 aliphatic carbocycles. The standard InChI is InChI=1S/C14H22N4.2ClH/c1-2-4-10-7-18(8-12(10)15)14-11-5-3-6-13(11)16-9-17-14;;/h9-10,12H,2-8,15H2,1H3;2*1H/t10-,12-;;/m0../s1. The molecule has 0 spiro atoms. The van der Waals surface area contributed by atoms with Gasteiger partial charge in [-0.15, -0.1) is 24.8 Å². The van der Waals surface area contributed by atoms with Gasteiger partial charge in [0, 0.05) is 30.4 Å². The van der Waals surface area contributed by atoms with Gasteiger partial charge in [-0.3, -0.25) is 0 Å². The number of rotatable bonds is 3. The monoisotopic (exact) mass is 318 g/mol. The molecule has 0 bridgehead atoms. The smallest absolute Gasteiger partial charge is 0.135 e. The highest BCUT2D eigenvalue weighted by molar-refractivity contribution is 5.85. The molecule has 2 heterocycles. The fourth-order valence-corrected chi connectivity index (χ4v) is 3.36. The SMILES string of the molecule is CCC[C@H]1CN(c2ncnc3c2CCC3)C[C@@H]1N.Cl.Cl. The average molecular weight is 319 g/mol. The summed E-state index contributed by atoms with van der Waals surface area (Å²) in [5.41, 5.74) is 8.89. The van der Waals surface area contributed by atoms with Crippen LogP contribution in [-0.2, 0) is 12.8 Å². The molecule has 1 saturated heterocycles. The third kappa shape index (κ3) is 3.18. The first-order valence-electron chi connectivity index (χ1n) is 7.13. The zero-order chi connectivity index (χ0) is 12.5. The summed E-state index contributed by atoms with van der Waals surface area (Å²) in [4.78, 5) is 11.3. The van der Waals surface area contributed by atoms with Crippen molar-refractivity contribution in [1.82, 2.24) is 9.97 Å². The van der Waals surface area contributed by atoms with E-state index in [1.807, 2.05) is 0 Å². The van der Waals surface area contributed by atoms with Crippen LogP contribution in [0.3, 0.4) is 0 Å². The summed E-state index contributed by atoms with van der Waals surface area (Å²) in [6, 6.07) is 0.303. The van der Waals surface area contributed by atoms with E-state index in [4.69, 9.17) is 5.73 Å². The van der Waals surface area contributed by atoms with Crippen LogP contribution in [0.4, 0.5) is 5.82 Å². The molecule has 114 valence electrons. The van der Waals surface area contributed by atoms with Gasteiger partial charge in [-0.1, -0.05) is 13.3 Å². The number of hydrogen-bond acceptors (Lipinski definition) is 4. The first-order valence-corrected chi connectivity index (χ1v) is 7.13. The molecule has 2 atom stereocenters. The summed E-state index contributed by atoms with van der Waals surface area (Å²) in [7, 11) is 0. The molecule has 0 aromatic carbocycles. The van der Waals surface area contributed by atoms with Crippen molar-refractivity contribution in [3.8, 4) is 0 Å². The Kier molecular flexibility index (Phi) is 6.49. The van der Waals surface area contributed by atoms with Crippen molar-refractivity contribution in [2.24, 2.45) is 11.7 Å². The van der Waals surface area contributed by atoms with Gasteiger partial charge in [0.05, 0.1) is 0 Å². The second kappa shape index (κ2) is 7.43. The fraction of sp³-hybridized carbons (Fsp3) is 0.714. The molecule has 0 amide bonds. The zero-order valence-corrected chi connectivity index (χ0v) is 13.6. The highest BCUT2D eigenvalue weighted by Gasteiger charge is 2.32.